The Morgan fingerprint density at radius 1 is 1.31 bits per heavy atom. The molecule has 16 heavy (non-hydrogen) atoms. The molecule has 0 spiro atoms. The number of ether oxygens (including phenoxy) is 1. The Labute approximate surface area is 94.4 Å². The van der Waals surface area contributed by atoms with Crippen LogP contribution >= 0.6 is 0 Å². The molecule has 0 heterocycles. The van der Waals surface area contributed by atoms with Crippen molar-refractivity contribution in [2.45, 2.75) is 25.2 Å². The Balaban J connectivity index is 2.38. The predicted octanol–water partition coefficient (Wildman–Crippen LogP) is 2.09. The summed E-state index contributed by atoms with van der Waals surface area (Å²) in [4.78, 5) is 22.9. The van der Waals surface area contributed by atoms with Crippen LogP contribution in [0.15, 0.2) is 24.3 Å². The van der Waals surface area contributed by atoms with E-state index in [2.05, 4.69) is 0 Å². The molecule has 1 fully saturated rings. The summed E-state index contributed by atoms with van der Waals surface area (Å²) in [6, 6.07) is 7.26. The highest BCUT2D eigenvalue weighted by molar-refractivity contribution is 5.95. The zero-order valence-corrected chi connectivity index (χ0v) is 9.45. The number of hydrogen-bond donors (Lipinski definition) is 0. The molecule has 0 aliphatic heterocycles. The molecule has 1 saturated carbocycles. The van der Waals surface area contributed by atoms with Crippen LogP contribution in [0.25, 0.3) is 0 Å². The zero-order valence-electron chi connectivity index (χ0n) is 9.45. The average Bonchev–Trinajstić information content (AvgIpc) is 3.09. The van der Waals surface area contributed by atoms with Gasteiger partial charge in [-0.2, -0.15) is 0 Å². The van der Waals surface area contributed by atoms with E-state index in [0.29, 0.717) is 5.56 Å². The maximum atomic E-state index is 11.7. The molecule has 1 aliphatic carbocycles. The van der Waals surface area contributed by atoms with Crippen LogP contribution in [0, 0.1) is 0 Å². The van der Waals surface area contributed by atoms with Crippen molar-refractivity contribution in [3.63, 3.8) is 0 Å². The van der Waals surface area contributed by atoms with Gasteiger partial charge in [0.05, 0.1) is 12.5 Å². The van der Waals surface area contributed by atoms with Gasteiger partial charge < -0.3 is 4.74 Å². The molecule has 1 aromatic carbocycles. The third-order valence-electron chi connectivity index (χ3n) is 3.15. The fraction of sp³-hybridized carbons (Fsp3) is 0.385. The predicted molar refractivity (Wildman–Crippen MR) is 59.4 cm³/mol. The number of hydrogen-bond acceptors (Lipinski definition) is 3. The van der Waals surface area contributed by atoms with Crippen molar-refractivity contribution < 1.29 is 14.3 Å². The van der Waals surface area contributed by atoms with Crippen molar-refractivity contribution in [1.29, 1.82) is 0 Å². The number of carbonyl (C=O) groups excluding carboxylic acids is 2. The minimum absolute atomic E-state index is 0.0162. The molecule has 0 radical (unpaired) electrons. The lowest BCUT2D eigenvalue weighted by molar-refractivity contribution is -0.143. The highest BCUT2D eigenvalue weighted by atomic mass is 16.5. The molecule has 0 amide bonds. The highest BCUT2D eigenvalue weighted by Gasteiger charge is 2.52. The summed E-state index contributed by atoms with van der Waals surface area (Å²) in [5, 5.41) is 0. The third kappa shape index (κ3) is 1.62. The second kappa shape index (κ2) is 3.74. The van der Waals surface area contributed by atoms with Gasteiger partial charge in [0, 0.05) is 5.56 Å². The number of rotatable bonds is 3. The lowest BCUT2D eigenvalue weighted by Crippen LogP contribution is -2.22. The van der Waals surface area contributed by atoms with Crippen LogP contribution in [0.2, 0.25) is 0 Å². The first-order valence-corrected chi connectivity index (χ1v) is 5.30. The Hall–Kier alpha value is -1.64. The second-order valence-electron chi connectivity index (χ2n) is 4.21. The number of benzene rings is 1. The topological polar surface area (TPSA) is 43.4 Å². The number of esters is 1. The molecule has 3 heteroatoms. The van der Waals surface area contributed by atoms with Gasteiger partial charge in [-0.15, -0.1) is 0 Å². The van der Waals surface area contributed by atoms with Crippen molar-refractivity contribution in [3.8, 4) is 0 Å². The van der Waals surface area contributed by atoms with E-state index < -0.39 is 5.41 Å². The Morgan fingerprint density at radius 3 is 2.50 bits per heavy atom. The lowest BCUT2D eigenvalue weighted by Gasteiger charge is -2.13. The van der Waals surface area contributed by atoms with Crippen LogP contribution in [0.3, 0.4) is 0 Å². The molecule has 0 bridgehead atoms. The van der Waals surface area contributed by atoms with Crippen LogP contribution in [-0.4, -0.2) is 18.9 Å². The number of carbonyl (C=O) groups is 2. The van der Waals surface area contributed by atoms with Gasteiger partial charge >= 0.3 is 5.97 Å². The molecule has 0 N–H and O–H groups in total. The first kappa shape index (κ1) is 10.9. The van der Waals surface area contributed by atoms with Gasteiger partial charge in [0.15, 0.2) is 5.78 Å². The fourth-order valence-electron chi connectivity index (χ4n) is 1.97. The maximum absolute atomic E-state index is 11.7. The summed E-state index contributed by atoms with van der Waals surface area (Å²) in [6.45, 7) is 1.52. The van der Waals surface area contributed by atoms with Gasteiger partial charge in [-0.1, -0.05) is 18.2 Å². The molecule has 0 saturated heterocycles. The quantitative estimate of drug-likeness (QED) is 0.576. The molecule has 0 atom stereocenters. The maximum Gasteiger partial charge on any atom is 0.316 e. The summed E-state index contributed by atoms with van der Waals surface area (Å²) in [6.07, 6.45) is 1.61. The number of Topliss-reactive ketones (excluding diaryl/α,β-unsaturated/α-hetero) is 1. The lowest BCUT2D eigenvalue weighted by atomic mass is 9.94. The molecule has 0 unspecified atom stereocenters. The van der Waals surface area contributed by atoms with Gasteiger partial charge in [-0.05, 0) is 31.4 Å². The second-order valence-corrected chi connectivity index (χ2v) is 4.21. The molecule has 3 nitrogen and oxygen atoms in total. The van der Waals surface area contributed by atoms with Crippen molar-refractivity contribution in [2.75, 3.05) is 7.11 Å². The van der Waals surface area contributed by atoms with E-state index in [1.807, 2.05) is 12.1 Å². The van der Waals surface area contributed by atoms with Gasteiger partial charge in [0.25, 0.3) is 0 Å². The van der Waals surface area contributed by atoms with E-state index in [9.17, 15) is 9.59 Å². The van der Waals surface area contributed by atoms with Crippen LogP contribution < -0.4 is 0 Å². The third-order valence-corrected chi connectivity index (χ3v) is 3.15. The summed E-state index contributed by atoms with van der Waals surface area (Å²) < 4.78 is 4.81. The van der Waals surface area contributed by atoms with Crippen molar-refractivity contribution >= 4 is 11.8 Å². The summed E-state index contributed by atoms with van der Waals surface area (Å²) in [5.41, 5.74) is 1.06. The van der Waals surface area contributed by atoms with E-state index in [4.69, 9.17) is 4.74 Å². The molecule has 0 aromatic heterocycles. The van der Waals surface area contributed by atoms with Crippen molar-refractivity contribution in [2.24, 2.45) is 0 Å². The summed E-state index contributed by atoms with van der Waals surface area (Å²) >= 11 is 0. The minimum Gasteiger partial charge on any atom is -0.468 e. The van der Waals surface area contributed by atoms with Crippen LogP contribution in [0.4, 0.5) is 0 Å². The molecule has 84 valence electrons. The molecule has 2 rings (SSSR count). The molecule has 1 aromatic rings. The van der Waals surface area contributed by atoms with Gasteiger partial charge in [0.2, 0.25) is 0 Å². The Bertz CT molecular complexity index is 444. The van der Waals surface area contributed by atoms with Crippen molar-refractivity contribution in [3.05, 3.63) is 35.4 Å². The molecular formula is C13H14O3. The zero-order chi connectivity index (χ0) is 11.8. The number of ketones is 1. The first-order valence-electron chi connectivity index (χ1n) is 5.30. The van der Waals surface area contributed by atoms with E-state index >= 15 is 0 Å². The smallest absolute Gasteiger partial charge is 0.316 e. The first-order chi connectivity index (χ1) is 7.60. The molecular weight excluding hydrogens is 204 g/mol. The van der Waals surface area contributed by atoms with Gasteiger partial charge in [0.1, 0.15) is 0 Å². The van der Waals surface area contributed by atoms with E-state index in [0.717, 1.165) is 18.4 Å². The Kier molecular flexibility index (Phi) is 2.54. The van der Waals surface area contributed by atoms with Gasteiger partial charge in [-0.25, -0.2) is 0 Å². The normalized spacial score (nSPS) is 16.6. The van der Waals surface area contributed by atoms with Gasteiger partial charge in [-0.3, -0.25) is 9.59 Å². The summed E-state index contributed by atoms with van der Waals surface area (Å²) in [7, 11) is 1.40. The van der Waals surface area contributed by atoms with Crippen LogP contribution in [0.1, 0.15) is 35.7 Å². The standard InChI is InChI=1S/C13H14O3/c1-9(14)10-4-3-5-11(8-10)13(6-7-13)12(15)16-2/h3-5,8H,6-7H2,1-2H3. The minimum atomic E-state index is -0.486. The monoisotopic (exact) mass is 218 g/mol. The van der Waals surface area contributed by atoms with Crippen LogP contribution in [-0.2, 0) is 14.9 Å². The van der Waals surface area contributed by atoms with Crippen LogP contribution in [0.5, 0.6) is 0 Å². The largest absolute Gasteiger partial charge is 0.468 e. The SMILES string of the molecule is COC(=O)C1(c2cccc(C(C)=O)c2)CC1. The summed E-state index contributed by atoms with van der Waals surface area (Å²) in [5.74, 6) is -0.185. The average molecular weight is 218 g/mol. The van der Waals surface area contributed by atoms with Crippen molar-refractivity contribution in [1.82, 2.24) is 0 Å². The Morgan fingerprint density at radius 2 is 2.00 bits per heavy atom. The highest BCUT2D eigenvalue weighted by Crippen LogP contribution is 2.49. The number of methoxy groups -OCH3 is 1. The molecule has 1 aliphatic rings. The van der Waals surface area contributed by atoms with E-state index in [1.165, 1.54) is 14.0 Å². The van der Waals surface area contributed by atoms with E-state index in [-0.39, 0.29) is 11.8 Å². The fourth-order valence-corrected chi connectivity index (χ4v) is 1.97. The van der Waals surface area contributed by atoms with E-state index in [1.54, 1.807) is 12.1 Å².